The van der Waals surface area contributed by atoms with Crippen molar-refractivity contribution in [2.24, 2.45) is 0 Å². The predicted molar refractivity (Wildman–Crippen MR) is 85.9 cm³/mol. The third-order valence-electron chi connectivity index (χ3n) is 3.37. The largest absolute Gasteiger partial charge is 0.397 e. The molecule has 3 N–H and O–H groups in total. The maximum absolute atomic E-state index is 12.1. The summed E-state index contributed by atoms with van der Waals surface area (Å²) in [7, 11) is 0. The molecule has 2 rings (SSSR count). The van der Waals surface area contributed by atoms with Crippen LogP contribution in [0.3, 0.4) is 0 Å². The SMILES string of the molecule is CCC(CC)c1cc(C(=O)Nc2ccccc2N)on1.Cl. The number of hydrogen-bond acceptors (Lipinski definition) is 4. The van der Waals surface area contributed by atoms with Crippen molar-refractivity contribution in [2.75, 3.05) is 11.1 Å². The average Bonchev–Trinajstić information content (AvgIpc) is 2.92. The fraction of sp³-hybridized carbons (Fsp3) is 0.333. The van der Waals surface area contributed by atoms with Crippen LogP contribution in [0.5, 0.6) is 0 Å². The Kier molecular flexibility index (Phi) is 6.24. The van der Waals surface area contributed by atoms with Gasteiger partial charge in [0, 0.05) is 12.0 Å². The Labute approximate surface area is 130 Å². The van der Waals surface area contributed by atoms with Gasteiger partial charge in [0.25, 0.3) is 5.91 Å². The standard InChI is InChI=1S/C15H19N3O2.ClH/c1-3-10(4-2)13-9-14(20-18-13)15(19)17-12-8-6-5-7-11(12)16;/h5-10H,3-4,16H2,1-2H3,(H,17,19);1H. The maximum atomic E-state index is 12.1. The molecule has 0 aliphatic carbocycles. The van der Waals surface area contributed by atoms with Gasteiger partial charge in [-0.05, 0) is 25.0 Å². The van der Waals surface area contributed by atoms with Crippen LogP contribution in [0.25, 0.3) is 0 Å². The van der Waals surface area contributed by atoms with Crippen molar-refractivity contribution in [1.29, 1.82) is 0 Å². The van der Waals surface area contributed by atoms with E-state index >= 15 is 0 Å². The van der Waals surface area contributed by atoms with Gasteiger partial charge in [0.05, 0.1) is 17.1 Å². The number of hydrogen-bond donors (Lipinski definition) is 2. The Morgan fingerprint density at radius 2 is 2.00 bits per heavy atom. The Morgan fingerprint density at radius 3 is 2.62 bits per heavy atom. The lowest BCUT2D eigenvalue weighted by Gasteiger charge is -2.06. The zero-order valence-electron chi connectivity index (χ0n) is 12.1. The molecule has 114 valence electrons. The van der Waals surface area contributed by atoms with Gasteiger partial charge in [-0.25, -0.2) is 0 Å². The topological polar surface area (TPSA) is 81.2 Å². The van der Waals surface area contributed by atoms with Crippen LogP contribution >= 0.6 is 12.4 Å². The van der Waals surface area contributed by atoms with Crippen molar-refractivity contribution in [3.8, 4) is 0 Å². The zero-order chi connectivity index (χ0) is 14.5. The van der Waals surface area contributed by atoms with E-state index in [-0.39, 0.29) is 24.1 Å². The molecule has 2 aromatic rings. The van der Waals surface area contributed by atoms with Gasteiger partial charge in [0.1, 0.15) is 0 Å². The number of para-hydroxylation sites is 2. The quantitative estimate of drug-likeness (QED) is 0.822. The van der Waals surface area contributed by atoms with Crippen molar-refractivity contribution in [3.63, 3.8) is 0 Å². The molecular formula is C15H20ClN3O2. The van der Waals surface area contributed by atoms with Crippen molar-refractivity contribution < 1.29 is 9.32 Å². The molecule has 1 aromatic carbocycles. The summed E-state index contributed by atoms with van der Waals surface area (Å²) in [5, 5.41) is 6.69. The summed E-state index contributed by atoms with van der Waals surface area (Å²) >= 11 is 0. The number of anilines is 2. The molecule has 0 radical (unpaired) electrons. The molecule has 21 heavy (non-hydrogen) atoms. The van der Waals surface area contributed by atoms with Crippen LogP contribution in [-0.2, 0) is 0 Å². The molecular weight excluding hydrogens is 290 g/mol. The number of aromatic nitrogens is 1. The Morgan fingerprint density at radius 1 is 1.33 bits per heavy atom. The first-order chi connectivity index (χ1) is 9.65. The zero-order valence-corrected chi connectivity index (χ0v) is 12.9. The number of nitrogens with two attached hydrogens (primary N) is 1. The summed E-state index contributed by atoms with van der Waals surface area (Å²) in [5.41, 5.74) is 7.69. The number of carbonyl (C=O) groups excluding carboxylic acids is 1. The van der Waals surface area contributed by atoms with Crippen molar-refractivity contribution in [3.05, 3.63) is 41.8 Å². The van der Waals surface area contributed by atoms with Gasteiger partial charge in [-0.1, -0.05) is 31.1 Å². The highest BCUT2D eigenvalue weighted by molar-refractivity contribution is 6.03. The maximum Gasteiger partial charge on any atom is 0.294 e. The van der Waals surface area contributed by atoms with E-state index in [2.05, 4.69) is 24.3 Å². The highest BCUT2D eigenvalue weighted by Crippen LogP contribution is 2.23. The minimum atomic E-state index is -0.340. The molecule has 0 saturated carbocycles. The molecule has 0 aliphatic rings. The number of rotatable bonds is 5. The molecule has 0 bridgehead atoms. The van der Waals surface area contributed by atoms with Gasteiger partial charge >= 0.3 is 0 Å². The van der Waals surface area contributed by atoms with Crippen LogP contribution in [0.2, 0.25) is 0 Å². The first-order valence-electron chi connectivity index (χ1n) is 6.78. The van der Waals surface area contributed by atoms with Crippen molar-refractivity contribution in [2.45, 2.75) is 32.6 Å². The average molecular weight is 310 g/mol. The number of nitrogens with zero attached hydrogens (tertiary/aromatic N) is 1. The van der Waals surface area contributed by atoms with Gasteiger partial charge in [0.15, 0.2) is 0 Å². The Bertz CT molecular complexity index is 594. The van der Waals surface area contributed by atoms with Gasteiger partial charge < -0.3 is 15.6 Å². The molecule has 1 aromatic heterocycles. The monoisotopic (exact) mass is 309 g/mol. The molecule has 0 saturated heterocycles. The lowest BCUT2D eigenvalue weighted by Crippen LogP contribution is -2.12. The van der Waals surface area contributed by atoms with Gasteiger partial charge in [0.2, 0.25) is 5.76 Å². The summed E-state index contributed by atoms with van der Waals surface area (Å²) in [6.07, 6.45) is 1.94. The summed E-state index contributed by atoms with van der Waals surface area (Å²) in [4.78, 5) is 12.1. The van der Waals surface area contributed by atoms with Gasteiger partial charge in [-0.15, -0.1) is 12.4 Å². The summed E-state index contributed by atoms with van der Waals surface area (Å²) in [6.45, 7) is 4.18. The third kappa shape index (κ3) is 3.98. The van der Waals surface area contributed by atoms with E-state index in [1.54, 1.807) is 18.2 Å². The summed E-state index contributed by atoms with van der Waals surface area (Å²) < 4.78 is 5.12. The fourth-order valence-electron chi connectivity index (χ4n) is 2.09. The first-order valence-corrected chi connectivity index (χ1v) is 6.78. The molecule has 0 atom stereocenters. The predicted octanol–water partition coefficient (Wildman–Crippen LogP) is 3.83. The highest BCUT2D eigenvalue weighted by Gasteiger charge is 2.17. The first kappa shape index (κ1) is 17.0. The van der Waals surface area contributed by atoms with Crippen LogP contribution in [0, 0.1) is 0 Å². The third-order valence-corrected chi connectivity index (χ3v) is 3.37. The van der Waals surface area contributed by atoms with Crippen molar-refractivity contribution >= 4 is 29.7 Å². The molecule has 1 amide bonds. The minimum absolute atomic E-state index is 0. The van der Waals surface area contributed by atoms with E-state index in [0.717, 1.165) is 18.5 Å². The molecule has 0 spiro atoms. The number of nitrogens with one attached hydrogen (secondary N) is 1. The number of halogens is 1. The smallest absolute Gasteiger partial charge is 0.294 e. The van der Waals surface area contributed by atoms with Crippen LogP contribution in [0.4, 0.5) is 11.4 Å². The Balaban J connectivity index is 0.00000220. The second-order valence-corrected chi connectivity index (χ2v) is 4.67. The molecule has 0 fully saturated rings. The minimum Gasteiger partial charge on any atom is -0.397 e. The number of carbonyl (C=O) groups is 1. The van der Waals surface area contributed by atoms with Gasteiger partial charge in [-0.3, -0.25) is 4.79 Å². The number of nitrogen functional groups attached to an aromatic ring is 1. The van der Waals surface area contributed by atoms with E-state index in [0.29, 0.717) is 17.3 Å². The van der Waals surface area contributed by atoms with E-state index in [9.17, 15) is 4.79 Å². The second-order valence-electron chi connectivity index (χ2n) is 4.67. The molecule has 5 nitrogen and oxygen atoms in total. The van der Waals surface area contributed by atoms with E-state index in [4.69, 9.17) is 10.3 Å². The van der Waals surface area contributed by atoms with Crippen LogP contribution in [0.1, 0.15) is 48.9 Å². The molecule has 6 heteroatoms. The van der Waals surface area contributed by atoms with Crippen molar-refractivity contribution in [1.82, 2.24) is 5.16 Å². The molecule has 1 heterocycles. The lowest BCUT2D eigenvalue weighted by molar-refractivity contribution is 0.0988. The number of benzene rings is 1. The lowest BCUT2D eigenvalue weighted by atomic mass is 9.99. The number of amides is 1. The van der Waals surface area contributed by atoms with Crippen LogP contribution in [0.15, 0.2) is 34.9 Å². The molecule has 0 unspecified atom stereocenters. The van der Waals surface area contributed by atoms with Crippen LogP contribution < -0.4 is 11.1 Å². The molecule has 0 aliphatic heterocycles. The van der Waals surface area contributed by atoms with E-state index in [1.165, 1.54) is 0 Å². The van der Waals surface area contributed by atoms with Crippen LogP contribution in [-0.4, -0.2) is 11.1 Å². The van der Waals surface area contributed by atoms with E-state index < -0.39 is 0 Å². The Hall–Kier alpha value is -2.01. The van der Waals surface area contributed by atoms with Gasteiger partial charge in [-0.2, -0.15) is 0 Å². The normalized spacial score (nSPS) is 10.2. The van der Waals surface area contributed by atoms with E-state index in [1.807, 2.05) is 12.1 Å². The second kappa shape index (κ2) is 7.69. The fourth-order valence-corrected chi connectivity index (χ4v) is 2.09. The highest BCUT2D eigenvalue weighted by atomic mass is 35.5. The summed E-state index contributed by atoms with van der Waals surface area (Å²) in [6, 6.07) is 8.79. The summed E-state index contributed by atoms with van der Waals surface area (Å²) in [5.74, 6) is 0.185.